The molecule has 422 valence electrons. The molecule has 0 amide bonds. The van der Waals surface area contributed by atoms with Crippen LogP contribution in [0, 0.1) is 0 Å². The number of hydrogen-bond donors (Lipinski definition) is 0. The molecule has 0 N–H and O–H groups in total. The van der Waals surface area contributed by atoms with Gasteiger partial charge in [-0.3, -0.25) is 0 Å². The molecule has 11 nitrogen and oxygen atoms in total. The van der Waals surface area contributed by atoms with Gasteiger partial charge in [0.05, 0.1) is 14.7 Å². The first kappa shape index (κ1) is 63.1. The zero-order chi connectivity index (χ0) is 55.7. The van der Waals surface area contributed by atoms with Gasteiger partial charge in [0.25, 0.3) is 0 Å². The van der Waals surface area contributed by atoms with Crippen molar-refractivity contribution in [2.75, 3.05) is 44.2 Å². The van der Waals surface area contributed by atoms with E-state index in [1.807, 2.05) is 72.8 Å². The van der Waals surface area contributed by atoms with Crippen molar-refractivity contribution in [1.82, 2.24) is 8.61 Å². The van der Waals surface area contributed by atoms with Crippen LogP contribution in [0.3, 0.4) is 0 Å². The quantitative estimate of drug-likeness (QED) is 0.0249. The zero-order valence-corrected chi connectivity index (χ0v) is 49.8. The van der Waals surface area contributed by atoms with Crippen molar-refractivity contribution >= 4 is 58.5 Å². The number of unbranched alkanes of at least 4 members (excludes halogenated alkanes) is 14. The molecule has 0 bridgehead atoms. The summed E-state index contributed by atoms with van der Waals surface area (Å²) < 4.78 is 101. The average Bonchev–Trinajstić information content (AvgIpc) is 3.43. The van der Waals surface area contributed by atoms with Crippen LogP contribution in [0.4, 0.5) is 17.1 Å². The lowest BCUT2D eigenvalue weighted by molar-refractivity contribution is -0.439. The van der Waals surface area contributed by atoms with Crippen molar-refractivity contribution in [1.29, 1.82) is 0 Å². The maximum absolute atomic E-state index is 14.1. The zero-order valence-electron chi connectivity index (χ0n) is 47.3. The molecule has 4 aromatic rings. The van der Waals surface area contributed by atoms with E-state index in [4.69, 9.17) is 0 Å². The Labute approximate surface area is 465 Å². The van der Waals surface area contributed by atoms with Crippen LogP contribution in [0.2, 0.25) is 0 Å². The molecule has 77 heavy (non-hydrogen) atoms. The number of sulfonamides is 2. The fraction of sp³-hybridized carbons (Fsp3) is 0.508. The van der Waals surface area contributed by atoms with Crippen molar-refractivity contribution < 1.29 is 34.4 Å². The summed E-state index contributed by atoms with van der Waals surface area (Å²) in [7, 11) is -12.3. The molecular formula is C63H90N4O7S3. The molecule has 0 unspecified atom stereocenters. The molecule has 1 aliphatic rings. The van der Waals surface area contributed by atoms with E-state index in [1.54, 1.807) is 51.1 Å². The van der Waals surface area contributed by atoms with Crippen LogP contribution in [0.1, 0.15) is 181 Å². The smallest absolute Gasteiger partial charge is 0.243 e. The van der Waals surface area contributed by atoms with Crippen molar-refractivity contribution in [3.05, 3.63) is 138 Å². The molecule has 0 atom stereocenters. The van der Waals surface area contributed by atoms with Crippen LogP contribution >= 0.6 is 0 Å². The second kappa shape index (κ2) is 32.4. The Kier molecular flexibility index (Phi) is 26.6. The van der Waals surface area contributed by atoms with Gasteiger partial charge in [-0.1, -0.05) is 162 Å². The highest BCUT2D eigenvalue weighted by molar-refractivity contribution is 7.89. The number of benzene rings is 4. The fourth-order valence-electron chi connectivity index (χ4n) is 9.89. The third-order valence-corrected chi connectivity index (χ3v) is 19.2. The Morgan fingerprint density at radius 3 is 1.29 bits per heavy atom. The fourth-order valence-corrected chi connectivity index (χ4v) is 13.6. The number of hydrogen-bond acceptors (Lipinski definition) is 8. The Hall–Kier alpha value is -4.70. The summed E-state index contributed by atoms with van der Waals surface area (Å²) in [5.74, 6) is 0. The van der Waals surface area contributed by atoms with Gasteiger partial charge in [0.2, 0.25) is 31.4 Å². The van der Waals surface area contributed by atoms with Crippen LogP contribution in [-0.4, -0.2) is 88.0 Å². The third kappa shape index (κ3) is 18.4. The molecule has 0 saturated heterocycles. The summed E-state index contributed by atoms with van der Waals surface area (Å²) in [6.45, 7) is 16.3. The standard InChI is InChI=1S/C63H90N4O7S3/c1-7-13-19-25-47-64(48-26-20-14-8-2)75(68,69)59-43-39-57(40-44-59)66(51-17-11-5)55-35-31-53(32-36-55)63(61-29-23-24-30-62(61)77(72,73)74)54-33-37-56(38-34-54)67(52-18-12-6)58-41-45-60(46-42-58)76(70,71)65(49-27-21-15-9-3)50-28-22-16-10-4/h23-24,29-46H,7-22,25-28,47-52H2,1-6H3. The van der Waals surface area contributed by atoms with E-state index in [9.17, 15) is 29.8 Å². The molecule has 0 heterocycles. The highest BCUT2D eigenvalue weighted by Gasteiger charge is 2.27. The highest BCUT2D eigenvalue weighted by atomic mass is 32.2. The Balaban J connectivity index is 1.51. The second-order valence-corrected chi connectivity index (χ2v) is 25.7. The van der Waals surface area contributed by atoms with E-state index >= 15 is 0 Å². The van der Waals surface area contributed by atoms with Crippen molar-refractivity contribution in [3.63, 3.8) is 0 Å². The number of anilines is 2. The van der Waals surface area contributed by atoms with Gasteiger partial charge in [-0.05, 0) is 116 Å². The topological polar surface area (TPSA) is 138 Å². The number of nitrogens with zero attached hydrogens (tertiary/aromatic N) is 4. The maximum Gasteiger partial charge on any atom is 0.243 e. The first-order valence-corrected chi connectivity index (χ1v) is 33.3. The molecule has 0 radical (unpaired) electrons. The van der Waals surface area contributed by atoms with Gasteiger partial charge in [-0.2, -0.15) is 13.2 Å². The SMILES string of the molecule is CCCCCCN(CCCCCC)S(=O)(=O)c1ccc(N(CCCC)c2ccc(C(=C3C=CC(=[N+](CCCC)c4ccc(S(=O)(=O)N(CCCCCC)CCCCCC)cc4)C=C3)c3ccccc3S(=O)(=O)[O-])cc2)cc1. The minimum Gasteiger partial charge on any atom is -0.744 e. The Bertz CT molecular complexity index is 2850. The molecule has 0 spiro atoms. The first-order valence-electron chi connectivity index (χ1n) is 29.0. The number of rotatable bonds is 36. The molecule has 0 fully saturated rings. The van der Waals surface area contributed by atoms with Crippen molar-refractivity contribution in [2.24, 2.45) is 0 Å². The van der Waals surface area contributed by atoms with Crippen LogP contribution < -0.4 is 4.90 Å². The summed E-state index contributed by atoms with van der Waals surface area (Å²) >= 11 is 0. The Morgan fingerprint density at radius 2 is 0.857 bits per heavy atom. The lowest BCUT2D eigenvalue weighted by atomic mass is 9.90. The molecule has 0 aromatic heterocycles. The maximum atomic E-state index is 14.1. The van der Waals surface area contributed by atoms with Gasteiger partial charge in [-0.25, -0.2) is 25.3 Å². The van der Waals surface area contributed by atoms with Crippen LogP contribution in [0.25, 0.3) is 5.57 Å². The van der Waals surface area contributed by atoms with E-state index in [2.05, 4.69) is 51.0 Å². The van der Waals surface area contributed by atoms with Gasteiger partial charge in [0, 0.05) is 80.4 Å². The summed E-state index contributed by atoms with van der Waals surface area (Å²) in [6, 6.07) is 28.6. The van der Waals surface area contributed by atoms with E-state index in [0.29, 0.717) is 56.0 Å². The normalized spacial score (nSPS) is 13.1. The monoisotopic (exact) mass is 1110 g/mol. The predicted octanol–water partition coefficient (Wildman–Crippen LogP) is 15.3. The van der Waals surface area contributed by atoms with E-state index in [0.717, 1.165) is 151 Å². The lowest BCUT2D eigenvalue weighted by Gasteiger charge is -2.27. The summed E-state index contributed by atoms with van der Waals surface area (Å²) in [5, 5.41) is 0. The minimum absolute atomic E-state index is 0.288. The largest absolute Gasteiger partial charge is 0.744 e. The van der Waals surface area contributed by atoms with Gasteiger partial charge in [-0.15, -0.1) is 0 Å². The average molecular weight is 1110 g/mol. The van der Waals surface area contributed by atoms with Crippen molar-refractivity contribution in [3.8, 4) is 0 Å². The van der Waals surface area contributed by atoms with E-state index < -0.39 is 30.2 Å². The highest BCUT2D eigenvalue weighted by Crippen LogP contribution is 2.36. The van der Waals surface area contributed by atoms with Gasteiger partial charge in [0.1, 0.15) is 16.7 Å². The molecular weight excluding hydrogens is 1020 g/mol. The first-order chi connectivity index (χ1) is 37.2. The molecule has 14 heteroatoms. The molecule has 5 rings (SSSR count). The summed E-state index contributed by atoms with van der Waals surface area (Å²) in [5.41, 5.74) is 5.74. The van der Waals surface area contributed by atoms with E-state index in [-0.39, 0.29) is 20.2 Å². The molecule has 0 saturated carbocycles. The molecule has 0 aliphatic heterocycles. The van der Waals surface area contributed by atoms with Crippen LogP contribution in [-0.2, 0) is 30.2 Å². The number of allylic oxidation sites excluding steroid dienone is 5. The lowest BCUT2D eigenvalue weighted by Crippen LogP contribution is -2.33. The summed E-state index contributed by atoms with van der Waals surface area (Å²) in [4.78, 5) is 2.43. The van der Waals surface area contributed by atoms with Gasteiger partial charge in [0.15, 0.2) is 0 Å². The van der Waals surface area contributed by atoms with Gasteiger partial charge >= 0.3 is 0 Å². The van der Waals surface area contributed by atoms with Crippen molar-refractivity contribution in [2.45, 2.75) is 185 Å². The summed E-state index contributed by atoms with van der Waals surface area (Å²) in [6.07, 6.45) is 27.6. The molecule has 4 aromatic carbocycles. The van der Waals surface area contributed by atoms with Crippen LogP contribution in [0.15, 0.2) is 142 Å². The Morgan fingerprint density at radius 1 is 0.442 bits per heavy atom. The van der Waals surface area contributed by atoms with Gasteiger partial charge < -0.3 is 9.45 Å². The van der Waals surface area contributed by atoms with E-state index in [1.165, 1.54) is 6.07 Å². The minimum atomic E-state index is -4.88. The molecule has 1 aliphatic carbocycles. The predicted molar refractivity (Wildman–Crippen MR) is 319 cm³/mol. The van der Waals surface area contributed by atoms with Crippen LogP contribution in [0.5, 0.6) is 0 Å². The second-order valence-electron chi connectivity index (χ2n) is 20.5. The third-order valence-electron chi connectivity index (χ3n) is 14.4.